The smallest absolute Gasteiger partial charge is 0.356 e. The van der Waals surface area contributed by atoms with Gasteiger partial charge in [-0.25, -0.2) is 18.6 Å². The van der Waals surface area contributed by atoms with Crippen LogP contribution in [0.3, 0.4) is 0 Å². The molecule has 0 bridgehead atoms. The van der Waals surface area contributed by atoms with Gasteiger partial charge in [-0.05, 0) is 25.5 Å². The summed E-state index contributed by atoms with van der Waals surface area (Å²) in [5.41, 5.74) is 5.61. The Hall–Kier alpha value is -1.56. The second-order valence-corrected chi connectivity index (χ2v) is 3.39. The Bertz CT molecular complexity index is 422. The highest BCUT2D eigenvalue weighted by Gasteiger charge is 2.19. The normalized spacial score (nSPS) is 10.7. The Morgan fingerprint density at radius 2 is 2.24 bits per heavy atom. The minimum atomic E-state index is -2.69. The predicted octanol–water partition coefficient (Wildman–Crippen LogP) is 1.96. The van der Waals surface area contributed by atoms with Crippen LogP contribution in [0.2, 0.25) is 0 Å². The number of hydrogen-bond donors (Lipinski definition) is 1. The Labute approximate surface area is 97.8 Å². The number of nitrogens with zero attached hydrogens (tertiary/aromatic N) is 1. The van der Waals surface area contributed by atoms with Crippen molar-refractivity contribution in [2.75, 3.05) is 6.61 Å². The number of pyridine rings is 1. The molecule has 1 rings (SSSR count). The maximum Gasteiger partial charge on any atom is 0.356 e. The van der Waals surface area contributed by atoms with Crippen LogP contribution in [-0.2, 0) is 11.3 Å². The molecule has 0 saturated carbocycles. The van der Waals surface area contributed by atoms with Gasteiger partial charge in [-0.15, -0.1) is 0 Å². The number of aryl methyl sites for hydroxylation is 1. The van der Waals surface area contributed by atoms with Crippen molar-refractivity contribution < 1.29 is 18.3 Å². The molecule has 0 saturated heterocycles. The van der Waals surface area contributed by atoms with Gasteiger partial charge in [0.1, 0.15) is 5.69 Å². The fraction of sp³-hybridized carbons (Fsp3) is 0.455. The van der Waals surface area contributed by atoms with E-state index in [4.69, 9.17) is 10.5 Å². The van der Waals surface area contributed by atoms with Gasteiger partial charge in [-0.2, -0.15) is 0 Å². The summed E-state index contributed by atoms with van der Waals surface area (Å²) in [7, 11) is 0. The molecule has 0 atom stereocenters. The number of carbonyl (C=O) groups excluding carboxylic acids is 1. The zero-order chi connectivity index (χ0) is 13.0. The fourth-order valence-corrected chi connectivity index (χ4v) is 1.49. The number of rotatable bonds is 4. The lowest BCUT2D eigenvalue weighted by atomic mass is 10.1. The average Bonchev–Trinajstić information content (AvgIpc) is 2.28. The number of aromatic nitrogens is 1. The number of alkyl halides is 2. The third-order valence-corrected chi connectivity index (χ3v) is 2.29. The number of hydrogen-bond acceptors (Lipinski definition) is 4. The van der Waals surface area contributed by atoms with Crippen molar-refractivity contribution in [3.05, 3.63) is 28.6 Å². The molecule has 2 N–H and O–H groups in total. The van der Waals surface area contributed by atoms with Crippen molar-refractivity contribution in [1.29, 1.82) is 0 Å². The number of halogens is 2. The summed E-state index contributed by atoms with van der Waals surface area (Å²) < 4.78 is 30.3. The summed E-state index contributed by atoms with van der Waals surface area (Å²) in [6.45, 7) is 3.30. The summed E-state index contributed by atoms with van der Waals surface area (Å²) in [6, 6.07) is 1.04. The van der Waals surface area contributed by atoms with Crippen LogP contribution >= 0.6 is 0 Å². The molecule has 0 aliphatic heterocycles. The minimum absolute atomic E-state index is 0.0401. The SMILES string of the molecule is CCOC(=O)c1cc(C(F)F)c(CN)c(C)n1. The molecule has 0 fully saturated rings. The van der Waals surface area contributed by atoms with Gasteiger partial charge in [-0.3, -0.25) is 0 Å². The second kappa shape index (κ2) is 5.67. The van der Waals surface area contributed by atoms with Crippen molar-refractivity contribution >= 4 is 5.97 Å². The first kappa shape index (κ1) is 13.5. The van der Waals surface area contributed by atoms with Gasteiger partial charge in [0.15, 0.2) is 0 Å². The summed E-state index contributed by atoms with van der Waals surface area (Å²) in [5.74, 6) is -0.707. The van der Waals surface area contributed by atoms with Gasteiger partial charge >= 0.3 is 5.97 Å². The first-order valence-electron chi connectivity index (χ1n) is 5.17. The van der Waals surface area contributed by atoms with Crippen LogP contribution in [0.1, 0.15) is 40.7 Å². The molecule has 0 unspecified atom stereocenters. The summed E-state index contributed by atoms with van der Waals surface area (Å²) in [6.07, 6.45) is -2.69. The standard InChI is InChI=1S/C11H14F2N2O2/c1-3-17-11(16)9-4-7(10(12)13)8(5-14)6(2)15-9/h4,10H,3,5,14H2,1-2H3. The maximum absolute atomic E-state index is 12.8. The van der Waals surface area contributed by atoms with Crippen molar-refractivity contribution in [1.82, 2.24) is 4.98 Å². The van der Waals surface area contributed by atoms with E-state index in [1.54, 1.807) is 6.92 Å². The number of esters is 1. The van der Waals surface area contributed by atoms with Crippen LogP contribution < -0.4 is 5.73 Å². The zero-order valence-electron chi connectivity index (χ0n) is 9.67. The first-order valence-corrected chi connectivity index (χ1v) is 5.17. The van der Waals surface area contributed by atoms with Crippen molar-refractivity contribution in [2.24, 2.45) is 5.73 Å². The van der Waals surface area contributed by atoms with E-state index in [0.29, 0.717) is 5.69 Å². The number of ether oxygens (including phenoxy) is 1. The summed E-state index contributed by atoms with van der Waals surface area (Å²) >= 11 is 0. The molecule has 1 aromatic heterocycles. The van der Waals surface area contributed by atoms with E-state index in [2.05, 4.69) is 4.98 Å². The lowest BCUT2D eigenvalue weighted by Crippen LogP contribution is -2.13. The Balaban J connectivity index is 3.24. The second-order valence-electron chi connectivity index (χ2n) is 3.39. The van der Waals surface area contributed by atoms with E-state index in [9.17, 15) is 13.6 Å². The molecule has 6 heteroatoms. The van der Waals surface area contributed by atoms with Crippen LogP contribution in [0.15, 0.2) is 6.07 Å². The van der Waals surface area contributed by atoms with Crippen molar-refractivity contribution in [3.8, 4) is 0 Å². The topological polar surface area (TPSA) is 65.2 Å². The highest BCUT2D eigenvalue weighted by atomic mass is 19.3. The van der Waals surface area contributed by atoms with Crippen molar-refractivity contribution in [2.45, 2.75) is 26.8 Å². The first-order chi connectivity index (χ1) is 8.01. The highest BCUT2D eigenvalue weighted by molar-refractivity contribution is 5.87. The molecular weight excluding hydrogens is 230 g/mol. The molecule has 1 heterocycles. The van der Waals surface area contributed by atoms with Gasteiger partial charge in [0.05, 0.1) is 6.61 Å². The third-order valence-electron chi connectivity index (χ3n) is 2.29. The predicted molar refractivity (Wildman–Crippen MR) is 57.8 cm³/mol. The van der Waals surface area contributed by atoms with Gasteiger partial charge in [0.2, 0.25) is 0 Å². The van der Waals surface area contributed by atoms with Crippen LogP contribution in [0.5, 0.6) is 0 Å². The highest BCUT2D eigenvalue weighted by Crippen LogP contribution is 2.25. The quantitative estimate of drug-likeness (QED) is 0.822. The third kappa shape index (κ3) is 2.97. The number of nitrogens with two attached hydrogens (primary N) is 1. The van der Waals surface area contributed by atoms with Crippen molar-refractivity contribution in [3.63, 3.8) is 0 Å². The Kier molecular flexibility index (Phi) is 4.51. The minimum Gasteiger partial charge on any atom is -0.461 e. The monoisotopic (exact) mass is 244 g/mol. The Morgan fingerprint density at radius 1 is 1.59 bits per heavy atom. The molecule has 1 aromatic rings. The summed E-state index contributed by atoms with van der Waals surface area (Å²) in [4.78, 5) is 15.3. The van der Waals surface area contributed by atoms with Gasteiger partial charge in [0, 0.05) is 17.8 Å². The fourth-order valence-electron chi connectivity index (χ4n) is 1.49. The van der Waals surface area contributed by atoms with Crippen LogP contribution in [0, 0.1) is 6.92 Å². The van der Waals surface area contributed by atoms with E-state index < -0.39 is 12.4 Å². The van der Waals surface area contributed by atoms with Gasteiger partial charge in [0.25, 0.3) is 6.43 Å². The van der Waals surface area contributed by atoms with Crippen LogP contribution in [-0.4, -0.2) is 17.6 Å². The largest absolute Gasteiger partial charge is 0.461 e. The zero-order valence-corrected chi connectivity index (χ0v) is 9.67. The Morgan fingerprint density at radius 3 is 2.71 bits per heavy atom. The van der Waals surface area contributed by atoms with E-state index in [-0.39, 0.29) is 30.0 Å². The van der Waals surface area contributed by atoms with E-state index in [1.807, 2.05) is 0 Å². The lowest BCUT2D eigenvalue weighted by Gasteiger charge is -2.11. The van der Waals surface area contributed by atoms with Crippen LogP contribution in [0.25, 0.3) is 0 Å². The number of carbonyl (C=O) groups is 1. The van der Waals surface area contributed by atoms with E-state index >= 15 is 0 Å². The molecule has 4 nitrogen and oxygen atoms in total. The van der Waals surface area contributed by atoms with Gasteiger partial charge < -0.3 is 10.5 Å². The average molecular weight is 244 g/mol. The molecule has 0 aliphatic carbocycles. The molecule has 0 amide bonds. The van der Waals surface area contributed by atoms with E-state index in [0.717, 1.165) is 6.07 Å². The van der Waals surface area contributed by atoms with Crippen LogP contribution in [0.4, 0.5) is 8.78 Å². The molecule has 94 valence electrons. The van der Waals surface area contributed by atoms with Gasteiger partial charge in [-0.1, -0.05) is 0 Å². The molecule has 0 radical (unpaired) electrons. The maximum atomic E-state index is 12.8. The van der Waals surface area contributed by atoms with E-state index in [1.165, 1.54) is 6.92 Å². The lowest BCUT2D eigenvalue weighted by molar-refractivity contribution is 0.0518. The molecule has 17 heavy (non-hydrogen) atoms. The summed E-state index contributed by atoms with van der Waals surface area (Å²) in [5, 5.41) is 0. The molecule has 0 aromatic carbocycles. The molecule has 0 aliphatic rings. The molecule has 0 spiro atoms. The molecular formula is C11H14F2N2O2.